The standard InChI is InChI=1S/C15H29N5/c1-12(2)15(20-7-5-19(4)6-8-20)11-16-9-14-10-17-13(3)18-14/h10,12,15-16H,5-9,11H2,1-4H3,(H,17,18). The van der Waals surface area contributed by atoms with Crippen LogP contribution in [0.25, 0.3) is 0 Å². The molecule has 0 aliphatic carbocycles. The van der Waals surface area contributed by atoms with E-state index in [1.165, 1.54) is 31.9 Å². The molecule has 2 N–H and O–H groups in total. The molecule has 5 heteroatoms. The van der Waals surface area contributed by atoms with Crippen molar-refractivity contribution < 1.29 is 0 Å². The van der Waals surface area contributed by atoms with Crippen LogP contribution in [-0.2, 0) is 6.54 Å². The lowest BCUT2D eigenvalue weighted by atomic mass is 10.0. The lowest BCUT2D eigenvalue weighted by Gasteiger charge is -2.40. The molecule has 1 saturated heterocycles. The summed E-state index contributed by atoms with van der Waals surface area (Å²) >= 11 is 0. The number of nitrogens with zero attached hydrogens (tertiary/aromatic N) is 3. The molecule has 5 nitrogen and oxygen atoms in total. The van der Waals surface area contributed by atoms with Crippen LogP contribution in [0.1, 0.15) is 25.4 Å². The molecule has 0 radical (unpaired) electrons. The van der Waals surface area contributed by atoms with Gasteiger partial charge in [-0.15, -0.1) is 0 Å². The molecule has 1 aliphatic heterocycles. The number of hydrogen-bond acceptors (Lipinski definition) is 4. The van der Waals surface area contributed by atoms with Crippen molar-refractivity contribution in [3.05, 3.63) is 17.7 Å². The Morgan fingerprint density at radius 3 is 2.55 bits per heavy atom. The first kappa shape index (κ1) is 15.5. The van der Waals surface area contributed by atoms with Gasteiger partial charge in [-0.3, -0.25) is 4.90 Å². The summed E-state index contributed by atoms with van der Waals surface area (Å²) in [4.78, 5) is 12.6. The minimum Gasteiger partial charge on any atom is -0.345 e. The van der Waals surface area contributed by atoms with Gasteiger partial charge in [-0.1, -0.05) is 13.8 Å². The number of likely N-dealkylation sites (N-methyl/N-ethyl adjacent to an activating group) is 1. The zero-order valence-corrected chi connectivity index (χ0v) is 13.3. The fourth-order valence-electron chi connectivity index (χ4n) is 2.86. The SMILES string of the molecule is Cc1ncc(CNCC(C(C)C)N2CCN(C)CC2)[nH]1. The first-order valence-corrected chi connectivity index (χ1v) is 7.70. The van der Waals surface area contributed by atoms with Crippen LogP contribution >= 0.6 is 0 Å². The molecular weight excluding hydrogens is 250 g/mol. The van der Waals surface area contributed by atoms with Crippen LogP contribution in [-0.4, -0.2) is 65.6 Å². The van der Waals surface area contributed by atoms with E-state index in [9.17, 15) is 0 Å². The van der Waals surface area contributed by atoms with Gasteiger partial charge < -0.3 is 15.2 Å². The highest BCUT2D eigenvalue weighted by molar-refractivity contribution is 4.99. The van der Waals surface area contributed by atoms with E-state index in [4.69, 9.17) is 0 Å². The van der Waals surface area contributed by atoms with Gasteiger partial charge in [-0.05, 0) is 19.9 Å². The fourth-order valence-corrected chi connectivity index (χ4v) is 2.86. The van der Waals surface area contributed by atoms with Crippen molar-refractivity contribution in [1.29, 1.82) is 0 Å². The van der Waals surface area contributed by atoms with E-state index >= 15 is 0 Å². The Hall–Kier alpha value is -0.910. The molecule has 1 unspecified atom stereocenters. The van der Waals surface area contributed by atoms with E-state index in [0.29, 0.717) is 12.0 Å². The molecule has 20 heavy (non-hydrogen) atoms. The Morgan fingerprint density at radius 1 is 1.30 bits per heavy atom. The Kier molecular flexibility index (Phi) is 5.57. The van der Waals surface area contributed by atoms with Gasteiger partial charge in [0.2, 0.25) is 0 Å². The van der Waals surface area contributed by atoms with Gasteiger partial charge in [0.15, 0.2) is 0 Å². The number of aromatic amines is 1. The average Bonchev–Trinajstić information content (AvgIpc) is 2.81. The van der Waals surface area contributed by atoms with E-state index in [1.54, 1.807) is 0 Å². The summed E-state index contributed by atoms with van der Waals surface area (Å²) in [6.45, 7) is 13.3. The largest absolute Gasteiger partial charge is 0.345 e. The zero-order chi connectivity index (χ0) is 14.5. The summed E-state index contributed by atoms with van der Waals surface area (Å²) in [7, 11) is 2.21. The van der Waals surface area contributed by atoms with Crippen LogP contribution in [0.15, 0.2) is 6.20 Å². The van der Waals surface area contributed by atoms with Gasteiger partial charge in [0.05, 0.1) is 0 Å². The molecule has 2 rings (SSSR count). The summed E-state index contributed by atoms with van der Waals surface area (Å²) < 4.78 is 0. The van der Waals surface area contributed by atoms with E-state index < -0.39 is 0 Å². The van der Waals surface area contributed by atoms with E-state index in [0.717, 1.165) is 18.9 Å². The number of aryl methyl sites for hydroxylation is 1. The van der Waals surface area contributed by atoms with Gasteiger partial charge in [0, 0.05) is 57.2 Å². The smallest absolute Gasteiger partial charge is 0.103 e. The van der Waals surface area contributed by atoms with Crippen molar-refractivity contribution in [2.75, 3.05) is 39.8 Å². The third-order valence-corrected chi connectivity index (χ3v) is 4.20. The van der Waals surface area contributed by atoms with E-state index in [-0.39, 0.29) is 0 Å². The molecule has 114 valence electrons. The molecule has 0 amide bonds. The second kappa shape index (κ2) is 7.20. The summed E-state index contributed by atoms with van der Waals surface area (Å²) in [5, 5.41) is 3.58. The summed E-state index contributed by atoms with van der Waals surface area (Å²) in [5.41, 5.74) is 1.17. The lowest BCUT2D eigenvalue weighted by molar-refractivity contribution is 0.0875. The van der Waals surface area contributed by atoms with Gasteiger partial charge >= 0.3 is 0 Å². The Labute approximate surface area is 122 Å². The maximum absolute atomic E-state index is 4.24. The van der Waals surface area contributed by atoms with Crippen molar-refractivity contribution in [3.8, 4) is 0 Å². The fraction of sp³-hybridized carbons (Fsp3) is 0.800. The molecule has 1 atom stereocenters. The second-order valence-corrected chi connectivity index (χ2v) is 6.28. The van der Waals surface area contributed by atoms with Crippen molar-refractivity contribution in [2.24, 2.45) is 5.92 Å². The quantitative estimate of drug-likeness (QED) is 0.818. The molecule has 1 fully saturated rings. The molecule has 1 aromatic heterocycles. The highest BCUT2D eigenvalue weighted by Crippen LogP contribution is 2.13. The molecule has 0 saturated carbocycles. The Morgan fingerprint density at radius 2 is 2.00 bits per heavy atom. The topological polar surface area (TPSA) is 47.2 Å². The number of imidazole rings is 1. The van der Waals surface area contributed by atoms with Gasteiger partial charge in [-0.2, -0.15) is 0 Å². The summed E-state index contributed by atoms with van der Waals surface area (Å²) in [6.07, 6.45) is 1.92. The third-order valence-electron chi connectivity index (χ3n) is 4.20. The van der Waals surface area contributed by atoms with E-state index in [2.05, 4.69) is 46.0 Å². The van der Waals surface area contributed by atoms with Crippen molar-refractivity contribution in [1.82, 2.24) is 25.1 Å². The summed E-state index contributed by atoms with van der Waals surface area (Å²) in [5.74, 6) is 1.66. The maximum Gasteiger partial charge on any atom is 0.103 e. The molecule has 0 bridgehead atoms. The van der Waals surface area contributed by atoms with Crippen LogP contribution in [0.3, 0.4) is 0 Å². The Bertz CT molecular complexity index is 393. The molecule has 2 heterocycles. The third kappa shape index (κ3) is 4.30. The normalized spacial score (nSPS) is 19.6. The van der Waals surface area contributed by atoms with Crippen LogP contribution in [0.2, 0.25) is 0 Å². The lowest BCUT2D eigenvalue weighted by Crippen LogP contribution is -2.53. The van der Waals surface area contributed by atoms with Gasteiger partial charge in [0.25, 0.3) is 0 Å². The van der Waals surface area contributed by atoms with Crippen LogP contribution in [0, 0.1) is 12.8 Å². The number of nitrogens with one attached hydrogen (secondary N) is 2. The minimum atomic E-state index is 0.618. The van der Waals surface area contributed by atoms with Crippen LogP contribution in [0.5, 0.6) is 0 Å². The molecule has 0 aromatic carbocycles. The number of rotatable bonds is 6. The second-order valence-electron chi connectivity index (χ2n) is 6.28. The van der Waals surface area contributed by atoms with Crippen molar-refractivity contribution in [2.45, 2.75) is 33.4 Å². The van der Waals surface area contributed by atoms with Crippen LogP contribution in [0.4, 0.5) is 0 Å². The van der Waals surface area contributed by atoms with Gasteiger partial charge in [0.1, 0.15) is 5.82 Å². The monoisotopic (exact) mass is 279 g/mol. The maximum atomic E-state index is 4.24. The predicted octanol–water partition coefficient (Wildman–Crippen LogP) is 1.08. The van der Waals surface area contributed by atoms with Gasteiger partial charge in [-0.25, -0.2) is 4.98 Å². The predicted molar refractivity (Wildman–Crippen MR) is 82.7 cm³/mol. The number of aromatic nitrogens is 2. The molecule has 1 aliphatic rings. The average molecular weight is 279 g/mol. The molecule has 0 spiro atoms. The number of hydrogen-bond donors (Lipinski definition) is 2. The summed E-state index contributed by atoms with van der Waals surface area (Å²) in [6, 6.07) is 0.618. The highest BCUT2D eigenvalue weighted by atomic mass is 15.3. The highest BCUT2D eigenvalue weighted by Gasteiger charge is 2.24. The Balaban J connectivity index is 1.80. The zero-order valence-electron chi connectivity index (χ0n) is 13.3. The first-order valence-electron chi connectivity index (χ1n) is 7.70. The van der Waals surface area contributed by atoms with Crippen LogP contribution < -0.4 is 5.32 Å². The van der Waals surface area contributed by atoms with Crippen molar-refractivity contribution >= 4 is 0 Å². The minimum absolute atomic E-state index is 0.618. The number of piperazine rings is 1. The molecular formula is C15H29N5. The first-order chi connectivity index (χ1) is 9.56. The number of H-pyrrole nitrogens is 1. The van der Waals surface area contributed by atoms with Crippen molar-refractivity contribution in [3.63, 3.8) is 0 Å². The molecule has 1 aromatic rings. The van der Waals surface area contributed by atoms with E-state index in [1.807, 2.05) is 13.1 Å².